The fourth-order valence-electron chi connectivity index (χ4n) is 1.96. The molecule has 0 spiro atoms. The average Bonchev–Trinajstić information content (AvgIpc) is 2.45. The third kappa shape index (κ3) is 2.93. The first-order valence-electron chi connectivity index (χ1n) is 6.16. The number of nitrogens with zero attached hydrogens (tertiary/aromatic N) is 1. The highest BCUT2D eigenvalue weighted by Gasteiger charge is 2.35. The lowest BCUT2D eigenvalue weighted by Gasteiger charge is -2.13. The third-order valence-corrected chi connectivity index (χ3v) is 3.05. The molecule has 7 heteroatoms. The summed E-state index contributed by atoms with van der Waals surface area (Å²) in [6, 6.07) is 4.16. The van der Waals surface area contributed by atoms with Gasteiger partial charge in [0.2, 0.25) is 5.88 Å². The summed E-state index contributed by atoms with van der Waals surface area (Å²) >= 11 is 0. The van der Waals surface area contributed by atoms with E-state index in [1.807, 2.05) is 0 Å². The number of rotatable bonds is 3. The predicted molar refractivity (Wildman–Crippen MR) is 71.2 cm³/mol. The number of halogens is 4. The Morgan fingerprint density at radius 3 is 2.45 bits per heavy atom. The molecule has 0 aliphatic carbocycles. The Labute approximate surface area is 123 Å². The van der Waals surface area contributed by atoms with Crippen molar-refractivity contribution in [3.8, 4) is 17.0 Å². The van der Waals surface area contributed by atoms with Crippen LogP contribution in [0.1, 0.15) is 22.8 Å². The number of ketones is 1. The summed E-state index contributed by atoms with van der Waals surface area (Å²) in [5.74, 6) is -1.84. The van der Waals surface area contributed by atoms with E-state index >= 15 is 0 Å². The van der Waals surface area contributed by atoms with E-state index in [1.54, 1.807) is 0 Å². The Morgan fingerprint density at radius 2 is 1.91 bits per heavy atom. The Balaban J connectivity index is 2.71. The van der Waals surface area contributed by atoms with Crippen LogP contribution in [0.15, 0.2) is 30.5 Å². The van der Waals surface area contributed by atoms with Crippen LogP contribution >= 0.6 is 0 Å². The zero-order valence-electron chi connectivity index (χ0n) is 11.7. The number of hydrogen-bond donors (Lipinski definition) is 0. The quantitative estimate of drug-likeness (QED) is 0.632. The Hall–Kier alpha value is -2.44. The molecule has 0 amide bonds. The first-order valence-corrected chi connectivity index (χ1v) is 6.16. The summed E-state index contributed by atoms with van der Waals surface area (Å²) < 4.78 is 57.5. The second-order valence-electron chi connectivity index (χ2n) is 4.50. The van der Waals surface area contributed by atoms with Crippen molar-refractivity contribution in [2.45, 2.75) is 13.1 Å². The smallest absolute Gasteiger partial charge is 0.419 e. The fourth-order valence-corrected chi connectivity index (χ4v) is 1.96. The van der Waals surface area contributed by atoms with Crippen LogP contribution in [0.3, 0.4) is 0 Å². The van der Waals surface area contributed by atoms with E-state index in [9.17, 15) is 22.4 Å². The minimum absolute atomic E-state index is 0.0150. The highest BCUT2D eigenvalue weighted by Crippen LogP contribution is 2.37. The molecule has 2 rings (SSSR count). The van der Waals surface area contributed by atoms with Gasteiger partial charge in [-0.2, -0.15) is 13.2 Å². The monoisotopic (exact) mass is 313 g/mol. The van der Waals surface area contributed by atoms with Gasteiger partial charge < -0.3 is 4.74 Å². The van der Waals surface area contributed by atoms with Gasteiger partial charge in [-0.25, -0.2) is 9.37 Å². The molecule has 0 saturated heterocycles. The van der Waals surface area contributed by atoms with Crippen molar-refractivity contribution in [3.63, 3.8) is 0 Å². The van der Waals surface area contributed by atoms with Crippen LogP contribution in [0.5, 0.6) is 5.88 Å². The number of aromatic nitrogens is 1. The maximum Gasteiger partial charge on any atom is 0.419 e. The molecule has 0 aliphatic rings. The number of Topliss-reactive ketones (excluding diaryl/α,β-unsaturated/α-hetero) is 1. The molecule has 22 heavy (non-hydrogen) atoms. The van der Waals surface area contributed by atoms with Gasteiger partial charge in [-0.05, 0) is 19.1 Å². The van der Waals surface area contributed by atoms with Gasteiger partial charge in [0.1, 0.15) is 5.82 Å². The van der Waals surface area contributed by atoms with Crippen molar-refractivity contribution in [2.75, 3.05) is 7.11 Å². The van der Waals surface area contributed by atoms with E-state index in [0.717, 1.165) is 6.07 Å². The topological polar surface area (TPSA) is 39.2 Å². The van der Waals surface area contributed by atoms with E-state index in [2.05, 4.69) is 4.98 Å². The molecular formula is C15H11F4NO2. The molecule has 1 heterocycles. The van der Waals surface area contributed by atoms with E-state index in [0.29, 0.717) is 6.07 Å². The number of methoxy groups -OCH3 is 1. The van der Waals surface area contributed by atoms with Crippen LogP contribution in [0.4, 0.5) is 17.6 Å². The summed E-state index contributed by atoms with van der Waals surface area (Å²) in [5.41, 5.74) is -1.59. The van der Waals surface area contributed by atoms with Gasteiger partial charge in [0.25, 0.3) is 0 Å². The summed E-state index contributed by atoms with van der Waals surface area (Å²) in [6.07, 6.45) is -3.60. The average molecular weight is 313 g/mol. The van der Waals surface area contributed by atoms with E-state index < -0.39 is 17.6 Å². The molecular weight excluding hydrogens is 302 g/mol. The molecule has 0 unspecified atom stereocenters. The molecule has 0 saturated carbocycles. The molecule has 3 nitrogen and oxygen atoms in total. The molecule has 0 aliphatic heterocycles. The highest BCUT2D eigenvalue weighted by molar-refractivity contribution is 5.95. The second kappa shape index (κ2) is 5.75. The number of hydrogen-bond acceptors (Lipinski definition) is 3. The number of benzene rings is 1. The van der Waals surface area contributed by atoms with Crippen LogP contribution in [-0.2, 0) is 6.18 Å². The lowest BCUT2D eigenvalue weighted by molar-refractivity contribution is -0.139. The molecule has 1 aromatic heterocycles. The fraction of sp³-hybridized carbons (Fsp3) is 0.200. The third-order valence-electron chi connectivity index (χ3n) is 3.05. The zero-order valence-corrected chi connectivity index (χ0v) is 11.7. The Bertz CT molecular complexity index is 726. The van der Waals surface area contributed by atoms with E-state index in [1.165, 1.54) is 32.4 Å². The van der Waals surface area contributed by atoms with Crippen LogP contribution in [0, 0.1) is 5.82 Å². The molecule has 0 N–H and O–H groups in total. The molecule has 0 fully saturated rings. The first-order chi connectivity index (χ1) is 10.3. The molecule has 0 radical (unpaired) electrons. The number of alkyl halides is 3. The minimum atomic E-state index is -4.82. The van der Waals surface area contributed by atoms with Crippen LogP contribution in [-0.4, -0.2) is 17.9 Å². The standard InChI is InChI=1S/C15H11F4NO2/c1-8(21)9-6-11(14(22-2)20-7-9)10-4-3-5-12(13(10)16)15(17,18)19/h3-7H,1-2H3. The summed E-state index contributed by atoms with van der Waals surface area (Å²) in [4.78, 5) is 15.2. The van der Waals surface area contributed by atoms with Gasteiger partial charge in [-0.15, -0.1) is 0 Å². The number of ether oxygens (including phenoxy) is 1. The van der Waals surface area contributed by atoms with Gasteiger partial charge in [-0.3, -0.25) is 4.79 Å². The lowest BCUT2D eigenvalue weighted by atomic mass is 10.0. The van der Waals surface area contributed by atoms with Crippen molar-refractivity contribution in [1.29, 1.82) is 0 Å². The van der Waals surface area contributed by atoms with Crippen molar-refractivity contribution in [2.24, 2.45) is 0 Å². The van der Waals surface area contributed by atoms with Crippen molar-refractivity contribution >= 4 is 5.78 Å². The summed E-state index contributed by atoms with van der Waals surface area (Å²) in [5, 5.41) is 0. The van der Waals surface area contributed by atoms with Gasteiger partial charge >= 0.3 is 6.18 Å². The molecule has 2 aromatic rings. The predicted octanol–water partition coefficient (Wildman–Crippen LogP) is 4.12. The molecule has 0 bridgehead atoms. The van der Waals surface area contributed by atoms with Crippen molar-refractivity contribution in [1.82, 2.24) is 4.98 Å². The zero-order chi connectivity index (χ0) is 16.5. The number of carbonyl (C=O) groups is 1. The Kier molecular flexibility index (Phi) is 4.16. The number of pyridine rings is 1. The maximum atomic E-state index is 14.2. The maximum absolute atomic E-state index is 14.2. The second-order valence-corrected chi connectivity index (χ2v) is 4.50. The van der Waals surface area contributed by atoms with Crippen LogP contribution in [0.2, 0.25) is 0 Å². The number of carbonyl (C=O) groups excluding carboxylic acids is 1. The highest BCUT2D eigenvalue weighted by atomic mass is 19.4. The van der Waals surface area contributed by atoms with Gasteiger partial charge in [0, 0.05) is 22.9 Å². The summed E-state index contributed by atoms with van der Waals surface area (Å²) in [6.45, 7) is 1.27. The van der Waals surface area contributed by atoms with Gasteiger partial charge in [-0.1, -0.05) is 12.1 Å². The van der Waals surface area contributed by atoms with Gasteiger partial charge in [0.05, 0.1) is 12.7 Å². The molecule has 1 aromatic carbocycles. The van der Waals surface area contributed by atoms with Gasteiger partial charge in [0.15, 0.2) is 5.78 Å². The molecule has 0 atom stereocenters. The normalized spacial score (nSPS) is 11.4. The van der Waals surface area contributed by atoms with E-state index in [-0.39, 0.29) is 28.4 Å². The summed E-state index contributed by atoms with van der Waals surface area (Å²) in [7, 11) is 1.25. The van der Waals surface area contributed by atoms with E-state index in [4.69, 9.17) is 4.74 Å². The lowest BCUT2D eigenvalue weighted by Crippen LogP contribution is -2.09. The molecule has 116 valence electrons. The Morgan fingerprint density at radius 1 is 1.23 bits per heavy atom. The SMILES string of the molecule is COc1ncc(C(C)=O)cc1-c1cccc(C(F)(F)F)c1F. The van der Waals surface area contributed by atoms with Crippen molar-refractivity contribution < 1.29 is 27.1 Å². The largest absolute Gasteiger partial charge is 0.481 e. The first kappa shape index (κ1) is 15.9. The minimum Gasteiger partial charge on any atom is -0.481 e. The van der Waals surface area contributed by atoms with Crippen molar-refractivity contribution in [3.05, 3.63) is 47.4 Å². The van der Waals surface area contributed by atoms with Crippen LogP contribution in [0.25, 0.3) is 11.1 Å². The van der Waals surface area contributed by atoms with Crippen LogP contribution < -0.4 is 4.74 Å².